The Bertz CT molecular complexity index is 592. The molecule has 18 heavy (non-hydrogen) atoms. The van der Waals surface area contributed by atoms with Crippen LogP contribution in [0, 0.1) is 17.1 Å². The van der Waals surface area contributed by atoms with Crippen LogP contribution in [-0.2, 0) is 6.54 Å². The Morgan fingerprint density at radius 2 is 2.22 bits per heavy atom. The van der Waals surface area contributed by atoms with E-state index in [1.807, 2.05) is 12.1 Å². The van der Waals surface area contributed by atoms with Crippen LogP contribution in [0.1, 0.15) is 11.3 Å². The Balaban J connectivity index is 2.17. The Kier molecular flexibility index (Phi) is 3.49. The van der Waals surface area contributed by atoms with Gasteiger partial charge in [0.2, 0.25) is 5.95 Å². The monoisotopic (exact) mass is 242 g/mol. The first-order valence-electron chi connectivity index (χ1n) is 5.38. The number of benzene rings is 1. The van der Waals surface area contributed by atoms with Gasteiger partial charge in [-0.25, -0.2) is 14.4 Å². The molecule has 0 atom stereocenters. The van der Waals surface area contributed by atoms with Gasteiger partial charge in [0, 0.05) is 19.8 Å². The lowest BCUT2D eigenvalue weighted by atomic mass is 10.2. The fraction of sp³-hybridized carbons (Fsp3) is 0.154. The molecule has 1 aromatic heterocycles. The van der Waals surface area contributed by atoms with E-state index in [0.717, 1.165) is 5.56 Å². The Labute approximate surface area is 104 Å². The summed E-state index contributed by atoms with van der Waals surface area (Å²) in [6.45, 7) is 0.479. The van der Waals surface area contributed by atoms with Crippen molar-refractivity contribution < 1.29 is 4.39 Å². The van der Waals surface area contributed by atoms with Crippen molar-refractivity contribution in [1.82, 2.24) is 9.97 Å². The highest BCUT2D eigenvalue weighted by Gasteiger charge is 2.06. The highest BCUT2D eigenvalue weighted by Crippen LogP contribution is 2.11. The van der Waals surface area contributed by atoms with E-state index in [-0.39, 0.29) is 5.82 Å². The first-order chi connectivity index (χ1) is 8.69. The molecule has 0 aliphatic carbocycles. The summed E-state index contributed by atoms with van der Waals surface area (Å²) in [6, 6.07) is 9.85. The number of nitrogens with zero attached hydrogens (tertiary/aromatic N) is 4. The number of hydrogen-bond donors (Lipinski definition) is 0. The van der Waals surface area contributed by atoms with Crippen molar-refractivity contribution in [3.8, 4) is 6.07 Å². The summed E-state index contributed by atoms with van der Waals surface area (Å²) in [6.07, 6.45) is 1.53. The molecule has 0 spiro atoms. The quantitative estimate of drug-likeness (QED) is 0.827. The van der Waals surface area contributed by atoms with Crippen LogP contribution in [0.2, 0.25) is 0 Å². The Hall–Kier alpha value is -2.48. The third-order valence-corrected chi connectivity index (χ3v) is 2.41. The summed E-state index contributed by atoms with van der Waals surface area (Å²) >= 11 is 0. The summed E-state index contributed by atoms with van der Waals surface area (Å²) in [5.41, 5.74) is 1.13. The molecular formula is C13H11FN4. The van der Waals surface area contributed by atoms with Gasteiger partial charge in [-0.15, -0.1) is 0 Å². The molecule has 0 saturated carbocycles. The maximum atomic E-state index is 13.0. The zero-order valence-corrected chi connectivity index (χ0v) is 9.84. The van der Waals surface area contributed by atoms with E-state index < -0.39 is 0 Å². The molecule has 1 aromatic carbocycles. The average molecular weight is 242 g/mol. The Morgan fingerprint density at radius 3 is 2.94 bits per heavy atom. The lowest BCUT2D eigenvalue weighted by Gasteiger charge is -2.16. The van der Waals surface area contributed by atoms with Crippen LogP contribution in [0.25, 0.3) is 0 Å². The van der Waals surface area contributed by atoms with Crippen molar-refractivity contribution in [2.24, 2.45) is 0 Å². The van der Waals surface area contributed by atoms with Crippen LogP contribution in [-0.4, -0.2) is 17.0 Å². The molecule has 2 aromatic rings. The van der Waals surface area contributed by atoms with Gasteiger partial charge in [0.15, 0.2) is 0 Å². The topological polar surface area (TPSA) is 52.8 Å². The van der Waals surface area contributed by atoms with Gasteiger partial charge in [-0.1, -0.05) is 12.1 Å². The second kappa shape index (κ2) is 5.23. The van der Waals surface area contributed by atoms with Gasteiger partial charge < -0.3 is 4.90 Å². The minimum atomic E-state index is -0.271. The van der Waals surface area contributed by atoms with Gasteiger partial charge in [0.1, 0.15) is 17.6 Å². The van der Waals surface area contributed by atoms with E-state index in [1.165, 1.54) is 18.3 Å². The van der Waals surface area contributed by atoms with Gasteiger partial charge in [0.25, 0.3) is 0 Å². The summed E-state index contributed by atoms with van der Waals surface area (Å²) in [5, 5.41) is 8.76. The average Bonchev–Trinajstić information content (AvgIpc) is 2.39. The van der Waals surface area contributed by atoms with Crippen LogP contribution in [0.3, 0.4) is 0 Å². The molecule has 0 aliphatic rings. The fourth-order valence-electron chi connectivity index (χ4n) is 1.57. The zero-order valence-electron chi connectivity index (χ0n) is 9.84. The third kappa shape index (κ3) is 2.80. The van der Waals surface area contributed by atoms with E-state index in [9.17, 15) is 4.39 Å². The lowest BCUT2D eigenvalue weighted by Crippen LogP contribution is -2.19. The second-order valence-electron chi connectivity index (χ2n) is 3.84. The first kappa shape index (κ1) is 12.0. The maximum Gasteiger partial charge on any atom is 0.226 e. The molecule has 0 amide bonds. The van der Waals surface area contributed by atoms with Gasteiger partial charge in [-0.3, -0.25) is 0 Å². The molecule has 0 fully saturated rings. The highest BCUT2D eigenvalue weighted by molar-refractivity contribution is 5.34. The molecule has 0 N–H and O–H groups in total. The second-order valence-corrected chi connectivity index (χ2v) is 3.84. The molecule has 1 heterocycles. The zero-order chi connectivity index (χ0) is 13.0. The summed E-state index contributed by atoms with van der Waals surface area (Å²) in [5.74, 6) is 0.172. The maximum absolute atomic E-state index is 13.0. The lowest BCUT2D eigenvalue weighted by molar-refractivity contribution is 0.625. The van der Waals surface area contributed by atoms with E-state index in [2.05, 4.69) is 9.97 Å². The van der Waals surface area contributed by atoms with Crippen LogP contribution in [0.4, 0.5) is 10.3 Å². The fourth-order valence-corrected chi connectivity index (χ4v) is 1.57. The summed E-state index contributed by atoms with van der Waals surface area (Å²) in [4.78, 5) is 9.91. The predicted molar refractivity (Wildman–Crippen MR) is 65.3 cm³/mol. The SMILES string of the molecule is CN(Cc1cccc(F)c1)c1nccc(C#N)n1. The van der Waals surface area contributed by atoms with Crippen LogP contribution in [0.15, 0.2) is 36.5 Å². The standard InChI is InChI=1S/C13H11FN4/c1-18(9-10-3-2-4-11(14)7-10)13-16-6-5-12(8-15)17-13/h2-7H,9H2,1H3. The molecule has 0 saturated heterocycles. The van der Waals surface area contributed by atoms with Crippen LogP contribution in [0.5, 0.6) is 0 Å². The number of halogens is 1. The summed E-state index contributed by atoms with van der Waals surface area (Å²) < 4.78 is 13.0. The molecule has 0 aliphatic heterocycles. The minimum Gasteiger partial charge on any atom is -0.340 e. The highest BCUT2D eigenvalue weighted by atomic mass is 19.1. The number of rotatable bonds is 3. The van der Waals surface area contributed by atoms with E-state index in [1.54, 1.807) is 24.1 Å². The smallest absolute Gasteiger partial charge is 0.226 e. The van der Waals surface area contributed by atoms with E-state index in [4.69, 9.17) is 5.26 Å². The van der Waals surface area contributed by atoms with Crippen LogP contribution >= 0.6 is 0 Å². The molecule has 0 bridgehead atoms. The molecular weight excluding hydrogens is 231 g/mol. The number of anilines is 1. The van der Waals surface area contributed by atoms with Crippen molar-refractivity contribution in [2.75, 3.05) is 11.9 Å². The van der Waals surface area contributed by atoms with Crippen molar-refractivity contribution >= 4 is 5.95 Å². The minimum absolute atomic E-state index is 0.271. The first-order valence-corrected chi connectivity index (χ1v) is 5.38. The molecule has 2 rings (SSSR count). The molecule has 0 radical (unpaired) electrons. The Morgan fingerprint density at radius 1 is 1.39 bits per heavy atom. The van der Waals surface area contributed by atoms with Gasteiger partial charge >= 0.3 is 0 Å². The van der Waals surface area contributed by atoms with Crippen LogP contribution < -0.4 is 4.90 Å². The van der Waals surface area contributed by atoms with Gasteiger partial charge in [-0.05, 0) is 23.8 Å². The largest absolute Gasteiger partial charge is 0.340 e. The van der Waals surface area contributed by atoms with E-state index in [0.29, 0.717) is 18.2 Å². The summed E-state index contributed by atoms with van der Waals surface area (Å²) in [7, 11) is 1.79. The molecule has 0 unspecified atom stereocenters. The number of nitriles is 1. The molecule has 90 valence electrons. The molecule has 5 heteroatoms. The van der Waals surface area contributed by atoms with Gasteiger partial charge in [0.05, 0.1) is 0 Å². The number of hydrogen-bond acceptors (Lipinski definition) is 4. The van der Waals surface area contributed by atoms with Gasteiger partial charge in [-0.2, -0.15) is 5.26 Å². The number of aromatic nitrogens is 2. The molecule has 4 nitrogen and oxygen atoms in total. The van der Waals surface area contributed by atoms with Crippen molar-refractivity contribution in [2.45, 2.75) is 6.54 Å². The van der Waals surface area contributed by atoms with Crippen molar-refractivity contribution in [3.63, 3.8) is 0 Å². The normalized spacial score (nSPS) is 9.83. The van der Waals surface area contributed by atoms with Crippen molar-refractivity contribution in [1.29, 1.82) is 5.26 Å². The predicted octanol–water partition coefficient (Wildman–Crippen LogP) is 2.12. The van der Waals surface area contributed by atoms with Crippen molar-refractivity contribution in [3.05, 3.63) is 53.6 Å². The third-order valence-electron chi connectivity index (χ3n) is 2.41. The van der Waals surface area contributed by atoms with E-state index >= 15 is 0 Å².